The highest BCUT2D eigenvalue weighted by molar-refractivity contribution is 5.95. The molecule has 31 heavy (non-hydrogen) atoms. The van der Waals surface area contributed by atoms with E-state index in [-0.39, 0.29) is 28.9 Å². The van der Waals surface area contributed by atoms with Gasteiger partial charge in [0.25, 0.3) is 0 Å². The highest BCUT2D eigenvalue weighted by Gasteiger charge is 2.35. The summed E-state index contributed by atoms with van der Waals surface area (Å²) in [6.45, 7) is 3.69. The molecule has 10 heteroatoms. The molecule has 2 aliphatic heterocycles. The minimum atomic E-state index is -0.779. The standard InChI is InChI=1S/C21H28N4O6/c1-3-31-16-10-13(4-5-15(16)26)18-17(20(28)30-2)14(23-21(29)24-18)11-25-8-6-12(7-9-25)19(22)27/h4-5,10,12,18,26H,3,6-9,11H2,1-2H3,(H2,22,27)(H2,23,24,29). The lowest BCUT2D eigenvalue weighted by Crippen LogP contribution is -2.49. The monoisotopic (exact) mass is 432 g/mol. The third kappa shape index (κ3) is 5.08. The average molecular weight is 432 g/mol. The summed E-state index contributed by atoms with van der Waals surface area (Å²) < 4.78 is 10.4. The number of amides is 3. The van der Waals surface area contributed by atoms with Crippen molar-refractivity contribution >= 4 is 17.9 Å². The first kappa shape index (κ1) is 22.4. The summed E-state index contributed by atoms with van der Waals surface area (Å²) in [6.07, 6.45) is 1.25. The molecule has 1 aromatic carbocycles. The van der Waals surface area contributed by atoms with E-state index >= 15 is 0 Å². The second-order valence-electron chi connectivity index (χ2n) is 7.53. The molecule has 1 saturated heterocycles. The zero-order valence-corrected chi connectivity index (χ0v) is 17.6. The number of carbonyl (C=O) groups excluding carboxylic acids is 3. The number of piperidine rings is 1. The van der Waals surface area contributed by atoms with Gasteiger partial charge >= 0.3 is 12.0 Å². The molecule has 0 aromatic heterocycles. The van der Waals surface area contributed by atoms with Crippen molar-refractivity contribution in [2.45, 2.75) is 25.8 Å². The average Bonchev–Trinajstić information content (AvgIpc) is 2.75. The van der Waals surface area contributed by atoms with Gasteiger partial charge in [-0.1, -0.05) is 6.07 Å². The molecule has 3 rings (SSSR count). The van der Waals surface area contributed by atoms with Gasteiger partial charge in [-0.2, -0.15) is 0 Å². The van der Waals surface area contributed by atoms with Crippen molar-refractivity contribution in [2.75, 3.05) is 33.4 Å². The number of benzene rings is 1. The Hall–Kier alpha value is -3.27. The second kappa shape index (κ2) is 9.69. The number of hydrogen-bond acceptors (Lipinski definition) is 7. The van der Waals surface area contributed by atoms with Crippen LogP contribution in [0.1, 0.15) is 31.4 Å². The zero-order chi connectivity index (χ0) is 22.5. The van der Waals surface area contributed by atoms with Crippen LogP contribution in [0.5, 0.6) is 11.5 Å². The predicted octanol–water partition coefficient (Wildman–Crippen LogP) is 0.769. The molecule has 2 heterocycles. The van der Waals surface area contributed by atoms with Gasteiger partial charge < -0.3 is 30.9 Å². The SMILES string of the molecule is CCOc1cc(C2NC(=O)NC(CN3CCC(C(N)=O)CC3)=C2C(=O)OC)ccc1O. The van der Waals surface area contributed by atoms with Crippen LogP contribution in [-0.2, 0) is 14.3 Å². The largest absolute Gasteiger partial charge is 0.504 e. The molecular formula is C21H28N4O6. The van der Waals surface area contributed by atoms with Crippen molar-refractivity contribution in [3.05, 3.63) is 35.0 Å². The van der Waals surface area contributed by atoms with Crippen LogP contribution in [0.2, 0.25) is 0 Å². The predicted molar refractivity (Wildman–Crippen MR) is 111 cm³/mol. The van der Waals surface area contributed by atoms with E-state index < -0.39 is 18.0 Å². The van der Waals surface area contributed by atoms with E-state index in [1.165, 1.54) is 13.2 Å². The Balaban J connectivity index is 1.92. The fourth-order valence-corrected chi connectivity index (χ4v) is 3.92. The molecule has 10 nitrogen and oxygen atoms in total. The number of ether oxygens (including phenoxy) is 2. The number of likely N-dealkylation sites (tertiary alicyclic amines) is 1. The Morgan fingerprint density at radius 3 is 2.61 bits per heavy atom. The Labute approximate surface area is 180 Å². The van der Waals surface area contributed by atoms with Gasteiger partial charge in [0.1, 0.15) is 0 Å². The third-order valence-corrected chi connectivity index (χ3v) is 5.55. The highest BCUT2D eigenvalue weighted by Crippen LogP contribution is 2.34. The van der Waals surface area contributed by atoms with Crippen molar-refractivity contribution in [1.82, 2.24) is 15.5 Å². The highest BCUT2D eigenvalue weighted by atomic mass is 16.5. The summed E-state index contributed by atoms with van der Waals surface area (Å²) >= 11 is 0. The Kier molecular flexibility index (Phi) is 7.01. The number of carbonyl (C=O) groups is 3. The lowest BCUT2D eigenvalue weighted by molar-refractivity contribution is -0.136. The molecule has 0 saturated carbocycles. The van der Waals surface area contributed by atoms with Crippen molar-refractivity contribution in [3.8, 4) is 11.5 Å². The van der Waals surface area contributed by atoms with Crippen LogP contribution in [-0.4, -0.2) is 61.3 Å². The maximum atomic E-state index is 12.7. The fourth-order valence-electron chi connectivity index (χ4n) is 3.92. The summed E-state index contributed by atoms with van der Waals surface area (Å²) in [5.74, 6) is -0.818. The topological polar surface area (TPSA) is 143 Å². The maximum absolute atomic E-state index is 12.7. The molecule has 168 valence electrons. The first-order valence-electron chi connectivity index (χ1n) is 10.2. The number of rotatable bonds is 7. The van der Waals surface area contributed by atoms with Gasteiger partial charge in [-0.05, 0) is 50.6 Å². The number of phenolic OH excluding ortho intramolecular Hbond substituents is 1. The number of aromatic hydroxyl groups is 1. The van der Waals surface area contributed by atoms with Crippen LogP contribution >= 0.6 is 0 Å². The number of esters is 1. The van der Waals surface area contributed by atoms with Crippen molar-refractivity contribution in [2.24, 2.45) is 11.7 Å². The van der Waals surface area contributed by atoms with Crippen LogP contribution in [0, 0.1) is 5.92 Å². The molecule has 0 aliphatic carbocycles. The van der Waals surface area contributed by atoms with Crippen LogP contribution < -0.4 is 21.1 Å². The van der Waals surface area contributed by atoms with Gasteiger partial charge in [-0.25, -0.2) is 9.59 Å². The molecule has 5 N–H and O–H groups in total. The maximum Gasteiger partial charge on any atom is 0.338 e. The van der Waals surface area contributed by atoms with Gasteiger partial charge in [0.2, 0.25) is 5.91 Å². The van der Waals surface area contributed by atoms with Crippen molar-refractivity contribution in [3.63, 3.8) is 0 Å². The number of phenols is 1. The number of urea groups is 1. The number of primary amides is 1. The number of methoxy groups -OCH3 is 1. The van der Waals surface area contributed by atoms with Gasteiger partial charge in [0, 0.05) is 18.2 Å². The van der Waals surface area contributed by atoms with Gasteiger partial charge in [-0.3, -0.25) is 9.69 Å². The fraction of sp³-hybridized carbons (Fsp3) is 0.476. The summed E-state index contributed by atoms with van der Waals surface area (Å²) in [4.78, 5) is 38.6. The number of hydrogen-bond donors (Lipinski definition) is 4. The van der Waals surface area contributed by atoms with Crippen LogP contribution in [0.25, 0.3) is 0 Å². The van der Waals surface area contributed by atoms with E-state index in [1.807, 2.05) is 0 Å². The van der Waals surface area contributed by atoms with Crippen LogP contribution in [0.15, 0.2) is 29.5 Å². The molecule has 1 atom stereocenters. The number of nitrogens with one attached hydrogen (secondary N) is 2. The molecule has 3 amide bonds. The van der Waals surface area contributed by atoms with Gasteiger partial charge in [0.05, 0.1) is 25.3 Å². The van der Waals surface area contributed by atoms with E-state index in [9.17, 15) is 19.5 Å². The summed E-state index contributed by atoms with van der Waals surface area (Å²) in [7, 11) is 1.28. The third-order valence-electron chi connectivity index (χ3n) is 5.55. The molecule has 1 fully saturated rings. The van der Waals surface area contributed by atoms with E-state index in [1.54, 1.807) is 19.1 Å². The van der Waals surface area contributed by atoms with E-state index in [0.29, 0.717) is 50.3 Å². The van der Waals surface area contributed by atoms with Crippen molar-refractivity contribution < 1.29 is 29.0 Å². The van der Waals surface area contributed by atoms with E-state index in [4.69, 9.17) is 15.2 Å². The molecule has 2 aliphatic rings. The summed E-state index contributed by atoms with van der Waals surface area (Å²) in [5.41, 5.74) is 6.68. The lowest BCUT2D eigenvalue weighted by Gasteiger charge is -2.34. The number of nitrogens with two attached hydrogens (primary N) is 1. The van der Waals surface area contributed by atoms with E-state index in [0.717, 1.165) is 0 Å². The second-order valence-corrected chi connectivity index (χ2v) is 7.53. The first-order chi connectivity index (χ1) is 14.8. The Bertz CT molecular complexity index is 892. The molecule has 1 aromatic rings. The summed E-state index contributed by atoms with van der Waals surface area (Å²) in [6, 6.07) is 3.43. The van der Waals surface area contributed by atoms with E-state index in [2.05, 4.69) is 15.5 Å². The molecule has 1 unspecified atom stereocenters. The molecule has 0 spiro atoms. The smallest absolute Gasteiger partial charge is 0.338 e. The molecule has 0 bridgehead atoms. The zero-order valence-electron chi connectivity index (χ0n) is 17.6. The normalized spacial score (nSPS) is 20.1. The quantitative estimate of drug-likeness (QED) is 0.466. The molecule has 0 radical (unpaired) electrons. The van der Waals surface area contributed by atoms with Gasteiger partial charge in [0.15, 0.2) is 11.5 Å². The number of nitrogens with zero attached hydrogens (tertiary/aromatic N) is 1. The Morgan fingerprint density at radius 1 is 1.29 bits per heavy atom. The Morgan fingerprint density at radius 2 is 2.00 bits per heavy atom. The van der Waals surface area contributed by atoms with Gasteiger partial charge in [-0.15, -0.1) is 0 Å². The van der Waals surface area contributed by atoms with Crippen LogP contribution in [0.3, 0.4) is 0 Å². The summed E-state index contributed by atoms with van der Waals surface area (Å²) in [5, 5.41) is 15.5. The van der Waals surface area contributed by atoms with Crippen LogP contribution in [0.4, 0.5) is 4.79 Å². The van der Waals surface area contributed by atoms with Crippen molar-refractivity contribution in [1.29, 1.82) is 0 Å². The minimum Gasteiger partial charge on any atom is -0.504 e. The minimum absolute atomic E-state index is 0.0352. The lowest BCUT2D eigenvalue weighted by atomic mass is 9.93. The molecular weight excluding hydrogens is 404 g/mol. The first-order valence-corrected chi connectivity index (χ1v) is 10.2.